The van der Waals surface area contributed by atoms with Crippen molar-refractivity contribution in [3.8, 4) is 23.6 Å². The number of rotatable bonds is 4. The number of nitriles is 2. The smallest absolute Gasteiger partial charge is 0.123 e. The van der Waals surface area contributed by atoms with Gasteiger partial charge in [-0.3, -0.25) is 0 Å². The highest BCUT2D eigenvalue weighted by atomic mass is 16.5. The molecule has 82 valence electrons. The number of hydrogen-bond acceptors (Lipinski definition) is 4. The Kier molecular flexibility index (Phi) is 4.17. The first-order valence-corrected chi connectivity index (χ1v) is 4.75. The molecule has 0 aliphatic heterocycles. The van der Waals surface area contributed by atoms with Crippen LogP contribution < -0.4 is 9.47 Å². The van der Waals surface area contributed by atoms with Crippen molar-refractivity contribution >= 4 is 0 Å². The minimum Gasteiger partial charge on any atom is -0.497 e. The molecule has 0 radical (unpaired) electrons. The van der Waals surface area contributed by atoms with E-state index in [0.29, 0.717) is 17.1 Å². The molecule has 0 amide bonds. The zero-order valence-corrected chi connectivity index (χ0v) is 9.23. The predicted octanol–water partition coefficient (Wildman–Crippen LogP) is 2.22. The first-order valence-electron chi connectivity index (χ1n) is 4.75. The lowest BCUT2D eigenvalue weighted by molar-refractivity contribution is 0.397. The molecule has 0 N–H and O–H groups in total. The second-order valence-electron chi connectivity index (χ2n) is 3.15. The summed E-state index contributed by atoms with van der Waals surface area (Å²) in [5.41, 5.74) is 0.686. The van der Waals surface area contributed by atoms with Crippen molar-refractivity contribution in [1.29, 1.82) is 10.5 Å². The molecule has 0 bridgehead atoms. The van der Waals surface area contributed by atoms with Gasteiger partial charge in [-0.2, -0.15) is 10.5 Å². The van der Waals surface area contributed by atoms with Crippen LogP contribution in [0.1, 0.15) is 17.9 Å². The Labute approximate surface area is 94.6 Å². The molecule has 0 heterocycles. The molecule has 1 aromatic rings. The van der Waals surface area contributed by atoms with Crippen LogP contribution in [-0.2, 0) is 0 Å². The third-order valence-electron chi connectivity index (χ3n) is 2.26. The standard InChI is InChI=1S/C12H12N2O2/c1-15-10-3-4-12(16-2)11(7-10)9(8-14)5-6-13/h3-4,7,9H,5H2,1-2H3. The SMILES string of the molecule is COc1ccc(OC)c(C(C#N)CC#N)c1. The van der Waals surface area contributed by atoms with Gasteiger partial charge in [0.1, 0.15) is 11.5 Å². The summed E-state index contributed by atoms with van der Waals surface area (Å²) in [5, 5.41) is 17.6. The minimum atomic E-state index is -0.491. The Morgan fingerprint density at radius 1 is 1.25 bits per heavy atom. The van der Waals surface area contributed by atoms with Crippen molar-refractivity contribution in [3.05, 3.63) is 23.8 Å². The molecule has 0 aliphatic rings. The van der Waals surface area contributed by atoms with E-state index in [2.05, 4.69) is 6.07 Å². The zero-order chi connectivity index (χ0) is 12.0. The van der Waals surface area contributed by atoms with Crippen molar-refractivity contribution < 1.29 is 9.47 Å². The number of hydrogen-bond donors (Lipinski definition) is 0. The topological polar surface area (TPSA) is 66.0 Å². The highest BCUT2D eigenvalue weighted by Gasteiger charge is 2.16. The van der Waals surface area contributed by atoms with E-state index < -0.39 is 5.92 Å². The van der Waals surface area contributed by atoms with Crippen LogP contribution in [0.3, 0.4) is 0 Å². The van der Waals surface area contributed by atoms with Crippen LogP contribution >= 0.6 is 0 Å². The van der Waals surface area contributed by atoms with Gasteiger partial charge in [0.15, 0.2) is 0 Å². The zero-order valence-electron chi connectivity index (χ0n) is 9.23. The molecule has 0 aromatic heterocycles. The summed E-state index contributed by atoms with van der Waals surface area (Å²) >= 11 is 0. The summed E-state index contributed by atoms with van der Waals surface area (Å²) in [5.74, 6) is 0.756. The van der Waals surface area contributed by atoms with Crippen molar-refractivity contribution in [3.63, 3.8) is 0 Å². The maximum Gasteiger partial charge on any atom is 0.123 e. The maximum atomic E-state index is 9.00. The van der Waals surface area contributed by atoms with Gasteiger partial charge in [0, 0.05) is 5.56 Å². The Morgan fingerprint density at radius 2 is 2.00 bits per heavy atom. The molecule has 1 unspecified atom stereocenters. The van der Waals surface area contributed by atoms with Gasteiger partial charge < -0.3 is 9.47 Å². The Balaban J connectivity index is 3.18. The first-order chi connectivity index (χ1) is 7.76. The van der Waals surface area contributed by atoms with E-state index >= 15 is 0 Å². The van der Waals surface area contributed by atoms with Gasteiger partial charge in [-0.15, -0.1) is 0 Å². The van der Waals surface area contributed by atoms with Gasteiger partial charge in [0.2, 0.25) is 0 Å². The Hall–Kier alpha value is -2.20. The fourth-order valence-corrected chi connectivity index (χ4v) is 1.43. The van der Waals surface area contributed by atoms with Crippen LogP contribution in [0.25, 0.3) is 0 Å². The molecule has 16 heavy (non-hydrogen) atoms. The second kappa shape index (κ2) is 5.63. The Bertz CT molecular complexity index is 443. The van der Waals surface area contributed by atoms with Crippen molar-refractivity contribution in [1.82, 2.24) is 0 Å². The lowest BCUT2D eigenvalue weighted by Gasteiger charge is -2.12. The summed E-state index contributed by atoms with van der Waals surface area (Å²) in [6, 6.07) is 9.29. The van der Waals surface area contributed by atoms with E-state index in [4.69, 9.17) is 20.0 Å². The molecule has 4 nitrogen and oxygen atoms in total. The molecule has 0 fully saturated rings. The third kappa shape index (κ3) is 2.43. The fraction of sp³-hybridized carbons (Fsp3) is 0.333. The van der Waals surface area contributed by atoms with E-state index in [1.807, 2.05) is 6.07 Å². The highest BCUT2D eigenvalue weighted by Crippen LogP contribution is 2.31. The highest BCUT2D eigenvalue weighted by molar-refractivity contribution is 5.44. The largest absolute Gasteiger partial charge is 0.497 e. The molecule has 0 spiro atoms. The quantitative estimate of drug-likeness (QED) is 0.774. The number of ether oxygens (including phenoxy) is 2. The van der Waals surface area contributed by atoms with Crippen molar-refractivity contribution in [2.45, 2.75) is 12.3 Å². The third-order valence-corrected chi connectivity index (χ3v) is 2.26. The molecule has 1 aromatic carbocycles. The van der Waals surface area contributed by atoms with Gasteiger partial charge in [0.25, 0.3) is 0 Å². The van der Waals surface area contributed by atoms with Crippen LogP contribution in [0.15, 0.2) is 18.2 Å². The van der Waals surface area contributed by atoms with Gasteiger partial charge in [0.05, 0.1) is 38.7 Å². The van der Waals surface area contributed by atoms with Crippen LogP contribution in [0.5, 0.6) is 11.5 Å². The molecule has 1 atom stereocenters. The monoisotopic (exact) mass is 216 g/mol. The molecule has 0 saturated carbocycles. The summed E-state index contributed by atoms with van der Waals surface area (Å²) in [6.07, 6.45) is 0.139. The first kappa shape index (κ1) is 11.9. The van der Waals surface area contributed by atoms with E-state index in [1.165, 1.54) is 7.11 Å². The summed E-state index contributed by atoms with van der Waals surface area (Å²) in [6.45, 7) is 0. The van der Waals surface area contributed by atoms with Gasteiger partial charge >= 0.3 is 0 Å². The van der Waals surface area contributed by atoms with Crippen molar-refractivity contribution in [2.24, 2.45) is 0 Å². The van der Waals surface area contributed by atoms with Crippen LogP contribution in [-0.4, -0.2) is 14.2 Å². The summed E-state index contributed by atoms with van der Waals surface area (Å²) in [4.78, 5) is 0. The van der Waals surface area contributed by atoms with E-state index in [1.54, 1.807) is 25.3 Å². The maximum absolute atomic E-state index is 9.00. The lowest BCUT2D eigenvalue weighted by Crippen LogP contribution is -1.99. The van der Waals surface area contributed by atoms with Crippen LogP contribution in [0, 0.1) is 22.7 Å². The van der Waals surface area contributed by atoms with E-state index in [-0.39, 0.29) is 6.42 Å². The van der Waals surface area contributed by atoms with E-state index in [9.17, 15) is 0 Å². The molecular formula is C12H12N2O2. The van der Waals surface area contributed by atoms with Crippen molar-refractivity contribution in [2.75, 3.05) is 14.2 Å². The molecule has 4 heteroatoms. The fourth-order valence-electron chi connectivity index (χ4n) is 1.43. The van der Waals surface area contributed by atoms with Gasteiger partial charge in [-0.05, 0) is 18.2 Å². The minimum absolute atomic E-state index is 0.139. The summed E-state index contributed by atoms with van der Waals surface area (Å²) in [7, 11) is 3.09. The lowest BCUT2D eigenvalue weighted by atomic mass is 9.96. The average Bonchev–Trinajstić information content (AvgIpc) is 2.35. The molecule has 0 aliphatic carbocycles. The molecular weight excluding hydrogens is 204 g/mol. The number of methoxy groups -OCH3 is 2. The van der Waals surface area contributed by atoms with Crippen LogP contribution in [0.4, 0.5) is 0 Å². The van der Waals surface area contributed by atoms with Gasteiger partial charge in [-0.1, -0.05) is 0 Å². The average molecular weight is 216 g/mol. The van der Waals surface area contributed by atoms with Crippen LogP contribution in [0.2, 0.25) is 0 Å². The van der Waals surface area contributed by atoms with Gasteiger partial charge in [-0.25, -0.2) is 0 Å². The predicted molar refractivity (Wildman–Crippen MR) is 58.1 cm³/mol. The number of benzene rings is 1. The molecule has 0 saturated heterocycles. The normalized spacial score (nSPS) is 11.0. The second-order valence-corrected chi connectivity index (χ2v) is 3.15. The molecule has 1 rings (SSSR count). The number of nitrogens with zero attached hydrogens (tertiary/aromatic N) is 2. The summed E-state index contributed by atoms with van der Waals surface area (Å²) < 4.78 is 10.2. The van der Waals surface area contributed by atoms with E-state index in [0.717, 1.165) is 0 Å². The Morgan fingerprint density at radius 3 is 2.50 bits per heavy atom.